The number of likely N-dealkylation sites (N-methyl/N-ethyl adjacent to an activating group) is 1. The van der Waals surface area contributed by atoms with Crippen molar-refractivity contribution < 1.29 is 33.7 Å². The Balaban J connectivity index is 1.66. The molecule has 10 nitrogen and oxygen atoms in total. The highest BCUT2D eigenvalue weighted by Gasteiger charge is 2.34. The number of carbonyl (C=O) groups is 2. The van der Waals surface area contributed by atoms with Crippen molar-refractivity contribution in [3.05, 3.63) is 35.6 Å². The van der Waals surface area contributed by atoms with Gasteiger partial charge in [-0.1, -0.05) is 44.2 Å². The predicted molar refractivity (Wildman–Crippen MR) is 136 cm³/mol. The van der Waals surface area contributed by atoms with Crippen LogP contribution in [0.1, 0.15) is 50.2 Å². The summed E-state index contributed by atoms with van der Waals surface area (Å²) < 4.78 is 25.8. The third kappa shape index (κ3) is 9.41. The van der Waals surface area contributed by atoms with E-state index in [-0.39, 0.29) is 38.4 Å². The summed E-state index contributed by atoms with van der Waals surface area (Å²) in [7, 11) is 1.77. The average molecular weight is 525 g/mol. The van der Waals surface area contributed by atoms with Gasteiger partial charge in [0.25, 0.3) is 0 Å². The molecule has 3 rings (SSSR count). The first-order valence-electron chi connectivity index (χ1n) is 13.2. The normalized spacial score (nSPS) is 21.2. The van der Waals surface area contributed by atoms with E-state index in [9.17, 15) is 19.1 Å². The fraction of sp³-hybridized carbons (Fsp3) is 0.692. The number of nitrogens with zero attached hydrogens (tertiary/aromatic N) is 1. The fourth-order valence-corrected chi connectivity index (χ4v) is 5.18. The first kappa shape index (κ1) is 29.1. The van der Waals surface area contributed by atoms with Crippen molar-refractivity contribution in [3.63, 3.8) is 0 Å². The summed E-state index contributed by atoms with van der Waals surface area (Å²) in [5.41, 5.74) is 0.544. The molecule has 4 atom stereocenters. The molecular weight excluding hydrogens is 483 g/mol. The van der Waals surface area contributed by atoms with Gasteiger partial charge in [-0.15, -0.1) is 0 Å². The number of carbonyl (C=O) groups excluding carboxylic acids is 1. The molecule has 1 saturated heterocycles. The number of rotatable bonds is 12. The molecule has 3 amide bonds. The zero-order valence-electron chi connectivity index (χ0n) is 21.5. The Morgan fingerprint density at radius 2 is 2.05 bits per heavy atom. The molecule has 0 aromatic heterocycles. The minimum atomic E-state index is -1.16. The van der Waals surface area contributed by atoms with Crippen LogP contribution in [0, 0.1) is 11.7 Å². The maximum atomic E-state index is 14.0. The molecule has 0 bridgehead atoms. The minimum Gasteiger partial charge on any atom is -0.465 e. The van der Waals surface area contributed by atoms with Crippen molar-refractivity contribution in [3.8, 4) is 0 Å². The molecule has 0 spiro atoms. The van der Waals surface area contributed by atoms with E-state index in [2.05, 4.69) is 16.0 Å². The van der Waals surface area contributed by atoms with E-state index >= 15 is 0 Å². The molecule has 11 heteroatoms. The number of ether oxygens (including phenoxy) is 2. The number of amides is 3. The smallest absolute Gasteiger partial charge is 0.404 e. The second-order valence-corrected chi connectivity index (χ2v) is 9.85. The predicted octanol–water partition coefficient (Wildman–Crippen LogP) is 2.48. The summed E-state index contributed by atoms with van der Waals surface area (Å²) in [5.74, 6) is 0.0532. The molecule has 0 radical (unpaired) electrons. The maximum Gasteiger partial charge on any atom is 0.404 e. The lowest BCUT2D eigenvalue weighted by molar-refractivity contribution is -0.105. The topological polar surface area (TPSA) is 132 Å². The van der Waals surface area contributed by atoms with Crippen LogP contribution in [0.25, 0.3) is 0 Å². The van der Waals surface area contributed by atoms with Gasteiger partial charge >= 0.3 is 12.1 Å². The molecule has 208 valence electrons. The Labute approximate surface area is 217 Å². The molecule has 2 fully saturated rings. The number of hydrogen-bond acceptors (Lipinski definition) is 6. The number of aliphatic hydroxyl groups is 1. The molecule has 1 aromatic rings. The van der Waals surface area contributed by atoms with Crippen LogP contribution in [0.5, 0.6) is 0 Å². The van der Waals surface area contributed by atoms with Crippen LogP contribution in [0.2, 0.25) is 0 Å². The summed E-state index contributed by atoms with van der Waals surface area (Å²) in [6.07, 6.45) is 3.41. The van der Waals surface area contributed by atoms with E-state index < -0.39 is 30.2 Å². The zero-order chi connectivity index (χ0) is 26.6. The van der Waals surface area contributed by atoms with Crippen LogP contribution in [0.4, 0.5) is 14.0 Å². The van der Waals surface area contributed by atoms with Crippen molar-refractivity contribution in [1.82, 2.24) is 20.9 Å². The Hall–Kier alpha value is -2.47. The second-order valence-electron chi connectivity index (χ2n) is 9.85. The van der Waals surface area contributed by atoms with Crippen LogP contribution in [-0.2, 0) is 9.47 Å². The number of nitrogens with one attached hydrogen (secondary N) is 3. The lowest BCUT2D eigenvalue weighted by Crippen LogP contribution is -2.56. The summed E-state index contributed by atoms with van der Waals surface area (Å²) in [4.78, 5) is 25.7. The number of halogens is 1. The van der Waals surface area contributed by atoms with Gasteiger partial charge in [0, 0.05) is 19.6 Å². The summed E-state index contributed by atoms with van der Waals surface area (Å²) >= 11 is 0. The lowest BCUT2D eigenvalue weighted by Gasteiger charge is -2.38. The van der Waals surface area contributed by atoms with E-state index in [1.807, 2.05) is 0 Å². The number of morpholine rings is 1. The Kier molecular flexibility index (Phi) is 11.8. The monoisotopic (exact) mass is 524 g/mol. The second kappa shape index (κ2) is 15.1. The number of hydrogen-bond donors (Lipinski definition) is 5. The SMILES string of the molecule is CNC[C@@H](O)[C@H](CC1CCCCC1)NC(=O)N1CCO[C@@H]([C@@H](OCCNC(=O)O)c2cccc(F)c2)C1. The van der Waals surface area contributed by atoms with Crippen molar-refractivity contribution >= 4 is 12.1 Å². The van der Waals surface area contributed by atoms with E-state index in [0.29, 0.717) is 24.6 Å². The maximum absolute atomic E-state index is 14.0. The Bertz CT molecular complexity index is 856. The number of aliphatic hydroxyl groups excluding tert-OH is 1. The van der Waals surface area contributed by atoms with Gasteiger partial charge in [-0.05, 0) is 37.1 Å². The van der Waals surface area contributed by atoms with Crippen LogP contribution < -0.4 is 16.0 Å². The highest BCUT2D eigenvalue weighted by molar-refractivity contribution is 5.74. The first-order valence-corrected chi connectivity index (χ1v) is 13.2. The third-order valence-corrected chi connectivity index (χ3v) is 7.07. The van der Waals surface area contributed by atoms with E-state index in [0.717, 1.165) is 19.3 Å². The fourth-order valence-electron chi connectivity index (χ4n) is 5.18. The molecule has 1 aliphatic heterocycles. The van der Waals surface area contributed by atoms with Gasteiger partial charge < -0.3 is 40.5 Å². The van der Waals surface area contributed by atoms with Crippen molar-refractivity contribution in [2.24, 2.45) is 5.92 Å². The number of urea groups is 1. The summed E-state index contributed by atoms with van der Waals surface area (Å²) in [5, 5.41) is 27.8. The van der Waals surface area contributed by atoms with Crippen LogP contribution in [-0.4, -0.2) is 91.9 Å². The standard InChI is InChI=1S/C26H41FN4O6/c1-28-16-22(32)21(14-18-6-3-2-4-7-18)30-25(33)31-11-13-36-23(17-31)24(37-12-10-29-26(34)35)19-8-5-9-20(27)15-19/h5,8-9,15,18,21-24,28-29,32H,2-4,6-7,10-14,16-17H2,1H3,(H,30,33)(H,34,35)/t21-,22+,23+,24-/m0/s1. The van der Waals surface area contributed by atoms with Gasteiger partial charge in [-0.2, -0.15) is 0 Å². The molecule has 2 aliphatic rings. The summed E-state index contributed by atoms with van der Waals surface area (Å²) in [6.45, 7) is 1.34. The first-order chi connectivity index (χ1) is 17.9. The van der Waals surface area contributed by atoms with E-state index in [4.69, 9.17) is 14.6 Å². The molecule has 5 N–H and O–H groups in total. The molecule has 1 aliphatic carbocycles. The average Bonchev–Trinajstić information content (AvgIpc) is 2.89. The van der Waals surface area contributed by atoms with Gasteiger partial charge in [0.2, 0.25) is 0 Å². The lowest BCUT2D eigenvalue weighted by atomic mass is 9.83. The van der Waals surface area contributed by atoms with E-state index in [1.54, 1.807) is 24.1 Å². The molecule has 1 saturated carbocycles. The van der Waals surface area contributed by atoms with Crippen LogP contribution in [0.15, 0.2) is 24.3 Å². The number of carboxylic acid groups (broad SMARTS) is 1. The largest absolute Gasteiger partial charge is 0.465 e. The van der Waals surface area contributed by atoms with Gasteiger partial charge in [-0.3, -0.25) is 0 Å². The van der Waals surface area contributed by atoms with Crippen molar-refractivity contribution in [2.45, 2.75) is 62.9 Å². The van der Waals surface area contributed by atoms with Crippen LogP contribution in [0.3, 0.4) is 0 Å². The minimum absolute atomic E-state index is 0.0548. The Morgan fingerprint density at radius 3 is 2.76 bits per heavy atom. The van der Waals surface area contributed by atoms with Crippen molar-refractivity contribution in [1.29, 1.82) is 0 Å². The van der Waals surface area contributed by atoms with E-state index in [1.165, 1.54) is 31.4 Å². The zero-order valence-corrected chi connectivity index (χ0v) is 21.5. The quantitative estimate of drug-likeness (QED) is 0.265. The highest BCUT2D eigenvalue weighted by atomic mass is 19.1. The highest BCUT2D eigenvalue weighted by Crippen LogP contribution is 2.29. The summed E-state index contributed by atoms with van der Waals surface area (Å²) in [6, 6.07) is 5.32. The van der Waals surface area contributed by atoms with Gasteiger partial charge in [0.15, 0.2) is 0 Å². The molecule has 1 aromatic carbocycles. The number of benzene rings is 1. The van der Waals surface area contributed by atoms with Crippen LogP contribution >= 0.6 is 0 Å². The van der Waals surface area contributed by atoms with Crippen molar-refractivity contribution in [2.75, 3.05) is 46.4 Å². The molecule has 37 heavy (non-hydrogen) atoms. The Morgan fingerprint density at radius 1 is 1.27 bits per heavy atom. The van der Waals surface area contributed by atoms with Gasteiger partial charge in [0.05, 0.1) is 31.9 Å². The molecule has 0 unspecified atom stereocenters. The van der Waals surface area contributed by atoms with Gasteiger partial charge in [-0.25, -0.2) is 14.0 Å². The third-order valence-electron chi connectivity index (χ3n) is 7.07. The molecule has 1 heterocycles. The molecular formula is C26H41FN4O6. The van der Waals surface area contributed by atoms with Gasteiger partial charge in [0.1, 0.15) is 18.0 Å².